The maximum atomic E-state index is 12.0. The van der Waals surface area contributed by atoms with Crippen LogP contribution in [0.2, 0.25) is 0 Å². The van der Waals surface area contributed by atoms with Crippen LogP contribution in [0.15, 0.2) is 72.1 Å². The molecule has 0 atom stereocenters. The Balaban J connectivity index is 1.62. The van der Waals surface area contributed by atoms with Crippen LogP contribution in [0.4, 0.5) is 5.69 Å². The molecule has 0 unspecified atom stereocenters. The van der Waals surface area contributed by atoms with E-state index in [9.17, 15) is 4.79 Å². The highest BCUT2D eigenvalue weighted by Gasteiger charge is 2.10. The van der Waals surface area contributed by atoms with Crippen molar-refractivity contribution in [2.45, 2.75) is 6.61 Å². The third-order valence-corrected chi connectivity index (χ3v) is 4.42. The molecule has 1 aromatic heterocycles. The van der Waals surface area contributed by atoms with Gasteiger partial charge in [-0.3, -0.25) is 10.1 Å². The van der Waals surface area contributed by atoms with E-state index in [1.807, 2.05) is 66.0 Å². The lowest BCUT2D eigenvalue weighted by Crippen LogP contribution is -2.33. The van der Waals surface area contributed by atoms with E-state index in [4.69, 9.17) is 17.0 Å². The maximum Gasteiger partial charge on any atom is 0.267 e. The average molecular weight is 368 g/mol. The molecule has 0 saturated carbocycles. The summed E-state index contributed by atoms with van der Waals surface area (Å²) in [4.78, 5) is 12.7. The molecule has 1 amide bonds. The molecule has 0 saturated heterocycles. The predicted molar refractivity (Wildman–Crippen MR) is 105 cm³/mol. The first-order valence-electron chi connectivity index (χ1n) is 7.64. The van der Waals surface area contributed by atoms with Crippen molar-refractivity contribution in [3.63, 3.8) is 0 Å². The van der Waals surface area contributed by atoms with E-state index in [-0.39, 0.29) is 11.0 Å². The third kappa shape index (κ3) is 4.89. The Morgan fingerprint density at radius 3 is 2.52 bits per heavy atom. The van der Waals surface area contributed by atoms with Gasteiger partial charge in [0.2, 0.25) is 0 Å². The number of amides is 1. The van der Waals surface area contributed by atoms with E-state index >= 15 is 0 Å². The number of ether oxygens (including phenoxy) is 1. The van der Waals surface area contributed by atoms with Gasteiger partial charge in [-0.25, -0.2) is 0 Å². The minimum atomic E-state index is -0.227. The number of anilines is 1. The highest BCUT2D eigenvalue weighted by atomic mass is 32.1. The minimum Gasteiger partial charge on any atom is -0.487 e. The largest absolute Gasteiger partial charge is 0.487 e. The lowest BCUT2D eigenvalue weighted by atomic mass is 10.2. The Morgan fingerprint density at radius 1 is 1.00 bits per heavy atom. The zero-order valence-corrected chi connectivity index (χ0v) is 14.9. The quantitative estimate of drug-likeness (QED) is 0.653. The zero-order valence-electron chi connectivity index (χ0n) is 13.3. The molecule has 6 heteroatoms. The molecule has 4 nitrogen and oxygen atoms in total. The second-order valence-electron chi connectivity index (χ2n) is 5.16. The van der Waals surface area contributed by atoms with Gasteiger partial charge in [0.15, 0.2) is 5.11 Å². The van der Waals surface area contributed by atoms with Gasteiger partial charge in [0, 0.05) is 0 Å². The summed E-state index contributed by atoms with van der Waals surface area (Å²) in [5.74, 6) is 0.439. The summed E-state index contributed by atoms with van der Waals surface area (Å²) in [6, 6.07) is 21.0. The summed E-state index contributed by atoms with van der Waals surface area (Å²) in [5, 5.41) is 7.76. The van der Waals surface area contributed by atoms with Gasteiger partial charge in [0.05, 0.1) is 10.6 Å². The van der Waals surface area contributed by atoms with E-state index in [1.54, 1.807) is 6.07 Å². The average Bonchev–Trinajstić information content (AvgIpc) is 3.17. The number of carbonyl (C=O) groups excluding carboxylic acids is 1. The van der Waals surface area contributed by atoms with E-state index in [0.717, 1.165) is 5.56 Å². The summed E-state index contributed by atoms with van der Waals surface area (Å²) in [6.45, 7) is 0.452. The standard InChI is InChI=1S/C19H16N2O2S2/c22-18(17-11-6-12-25-17)21-19(24)20-15-9-4-5-10-16(15)23-13-14-7-2-1-3-8-14/h1-12H,13H2,(H2,20,21,22,24). The van der Waals surface area contributed by atoms with Crippen LogP contribution in [0.25, 0.3) is 0 Å². The van der Waals surface area contributed by atoms with Crippen molar-refractivity contribution in [1.82, 2.24) is 5.32 Å². The van der Waals surface area contributed by atoms with Gasteiger partial charge < -0.3 is 10.1 Å². The molecule has 3 aromatic rings. The second kappa shape index (κ2) is 8.41. The van der Waals surface area contributed by atoms with Crippen molar-refractivity contribution in [2.24, 2.45) is 0 Å². The number of thiocarbonyl (C=S) groups is 1. The fourth-order valence-corrected chi connectivity index (χ4v) is 2.98. The molecule has 2 aromatic carbocycles. The number of rotatable bonds is 5. The van der Waals surface area contributed by atoms with Crippen molar-refractivity contribution in [3.8, 4) is 5.75 Å². The van der Waals surface area contributed by atoms with Gasteiger partial charge in [-0.2, -0.15) is 0 Å². The smallest absolute Gasteiger partial charge is 0.267 e. The molecule has 0 bridgehead atoms. The fourth-order valence-electron chi connectivity index (χ4n) is 2.16. The highest BCUT2D eigenvalue weighted by molar-refractivity contribution is 7.80. The summed E-state index contributed by atoms with van der Waals surface area (Å²) in [6.07, 6.45) is 0. The monoisotopic (exact) mass is 368 g/mol. The van der Waals surface area contributed by atoms with Crippen molar-refractivity contribution < 1.29 is 9.53 Å². The number of nitrogens with one attached hydrogen (secondary N) is 2. The van der Waals surface area contributed by atoms with Crippen LogP contribution in [-0.4, -0.2) is 11.0 Å². The second-order valence-corrected chi connectivity index (χ2v) is 6.51. The Labute approximate surface area is 155 Å². The van der Waals surface area contributed by atoms with E-state index in [2.05, 4.69) is 10.6 Å². The van der Waals surface area contributed by atoms with E-state index < -0.39 is 0 Å². The Bertz CT molecular complexity index is 849. The molecule has 1 heterocycles. The molecule has 126 valence electrons. The molecule has 0 aliphatic heterocycles. The Kier molecular flexibility index (Phi) is 5.77. The number of carbonyl (C=O) groups is 1. The van der Waals surface area contributed by atoms with Crippen molar-refractivity contribution in [2.75, 3.05) is 5.32 Å². The van der Waals surface area contributed by atoms with Crippen LogP contribution in [0, 0.1) is 0 Å². The van der Waals surface area contributed by atoms with Crippen LogP contribution < -0.4 is 15.4 Å². The molecule has 0 fully saturated rings. The number of hydrogen-bond acceptors (Lipinski definition) is 4. The van der Waals surface area contributed by atoms with E-state index in [0.29, 0.717) is 22.9 Å². The summed E-state index contributed by atoms with van der Waals surface area (Å²) in [5.41, 5.74) is 1.78. The van der Waals surface area contributed by atoms with Crippen LogP contribution in [0.5, 0.6) is 5.75 Å². The molecule has 2 N–H and O–H groups in total. The Hall–Kier alpha value is -2.70. The molecular weight excluding hydrogens is 352 g/mol. The van der Waals surface area contributed by atoms with Crippen LogP contribution in [0.1, 0.15) is 15.2 Å². The molecule has 3 rings (SSSR count). The first kappa shape index (κ1) is 17.1. The summed E-state index contributed by atoms with van der Waals surface area (Å²) in [7, 11) is 0. The maximum absolute atomic E-state index is 12.0. The molecule has 0 aliphatic rings. The van der Waals surface area contributed by atoms with Gasteiger partial charge in [0.25, 0.3) is 5.91 Å². The molecule has 25 heavy (non-hydrogen) atoms. The molecule has 0 radical (unpaired) electrons. The SMILES string of the molecule is O=C(NC(=S)Nc1ccccc1OCc1ccccc1)c1cccs1. The lowest BCUT2D eigenvalue weighted by molar-refractivity contribution is 0.0981. The highest BCUT2D eigenvalue weighted by Crippen LogP contribution is 2.24. The first-order valence-corrected chi connectivity index (χ1v) is 8.93. The summed E-state index contributed by atoms with van der Waals surface area (Å²) < 4.78 is 5.87. The van der Waals surface area contributed by atoms with Crippen LogP contribution in [-0.2, 0) is 6.61 Å². The zero-order chi connectivity index (χ0) is 17.5. The van der Waals surface area contributed by atoms with Gasteiger partial charge in [-0.1, -0.05) is 48.5 Å². The predicted octanol–water partition coefficient (Wildman–Crippen LogP) is 4.45. The van der Waals surface area contributed by atoms with Crippen molar-refractivity contribution >= 4 is 40.3 Å². The van der Waals surface area contributed by atoms with Crippen molar-refractivity contribution in [1.29, 1.82) is 0 Å². The van der Waals surface area contributed by atoms with Gasteiger partial charge in [0.1, 0.15) is 12.4 Å². The normalized spacial score (nSPS) is 10.1. The number of benzene rings is 2. The first-order chi connectivity index (χ1) is 12.2. The lowest BCUT2D eigenvalue weighted by Gasteiger charge is -2.14. The number of hydrogen-bond donors (Lipinski definition) is 2. The van der Waals surface area contributed by atoms with Gasteiger partial charge in [-0.15, -0.1) is 11.3 Å². The molecule has 0 aliphatic carbocycles. The van der Waals surface area contributed by atoms with Crippen molar-refractivity contribution in [3.05, 3.63) is 82.6 Å². The molecular formula is C19H16N2O2S2. The van der Waals surface area contributed by atoms with E-state index in [1.165, 1.54) is 11.3 Å². The molecule has 0 spiro atoms. The fraction of sp³-hybridized carbons (Fsp3) is 0.0526. The van der Waals surface area contributed by atoms with Crippen LogP contribution >= 0.6 is 23.6 Å². The Morgan fingerprint density at radius 2 is 1.76 bits per heavy atom. The number of thiophene rings is 1. The van der Waals surface area contributed by atoms with Gasteiger partial charge >= 0.3 is 0 Å². The third-order valence-electron chi connectivity index (χ3n) is 3.34. The van der Waals surface area contributed by atoms with Gasteiger partial charge in [-0.05, 0) is 41.4 Å². The topological polar surface area (TPSA) is 50.4 Å². The van der Waals surface area contributed by atoms with Crippen LogP contribution in [0.3, 0.4) is 0 Å². The minimum absolute atomic E-state index is 0.227. The summed E-state index contributed by atoms with van der Waals surface area (Å²) >= 11 is 6.59. The number of para-hydroxylation sites is 2.